The van der Waals surface area contributed by atoms with E-state index in [1.807, 2.05) is 91.1 Å². The molecule has 0 unspecified atom stereocenters. The van der Waals surface area contributed by atoms with E-state index in [4.69, 9.17) is 18.8 Å². The number of benzene rings is 7. The molecule has 0 atom stereocenters. The molecule has 0 spiro atoms. The summed E-state index contributed by atoms with van der Waals surface area (Å²) in [6.07, 6.45) is 1.82. The van der Waals surface area contributed by atoms with Crippen LogP contribution in [0.25, 0.3) is 111 Å². The number of furan rings is 2. The molecule has 7 aromatic carbocycles. The minimum atomic E-state index is 0.665. The number of fused-ring (bicyclic) bond motifs is 6. The maximum Gasteiger partial charge on any atom is 0.160 e. The summed E-state index contributed by atoms with van der Waals surface area (Å²) in [5, 5.41) is 4.39. The van der Waals surface area contributed by atoms with E-state index < -0.39 is 0 Å². The first-order valence-corrected chi connectivity index (χ1v) is 18.7. The number of aromatic nitrogens is 3. The van der Waals surface area contributed by atoms with Gasteiger partial charge in [-0.25, -0.2) is 9.97 Å². The second-order valence-electron chi connectivity index (χ2n) is 13.9. The standard InChI is InChI=1S/C51H31N3O2/c1-2-12-34(13-3-1)51-53-44(31-45(54-51)39-15-5-4-14-38(39)43-18-10-11-29-52-43)33-23-21-32(22-24-33)37-28-27-36(49-42-17-7-9-20-47(42)56-50(37)49)35-25-26-41-40-16-6-8-19-46(40)55-48(41)30-35/h1-31H. The molecule has 0 radical (unpaired) electrons. The number of hydrogen-bond donors (Lipinski definition) is 0. The van der Waals surface area contributed by atoms with Crippen molar-refractivity contribution in [1.29, 1.82) is 0 Å². The Labute approximate surface area is 322 Å². The van der Waals surface area contributed by atoms with Crippen LogP contribution in [0.1, 0.15) is 0 Å². The lowest BCUT2D eigenvalue weighted by Gasteiger charge is -2.13. The highest BCUT2D eigenvalue weighted by molar-refractivity contribution is 6.17. The van der Waals surface area contributed by atoms with Crippen molar-refractivity contribution >= 4 is 43.9 Å². The van der Waals surface area contributed by atoms with Crippen molar-refractivity contribution in [3.05, 3.63) is 188 Å². The Hall–Kier alpha value is -7.63. The summed E-state index contributed by atoms with van der Waals surface area (Å²) >= 11 is 0. The highest BCUT2D eigenvalue weighted by Crippen LogP contribution is 2.43. The minimum Gasteiger partial charge on any atom is -0.456 e. The first-order valence-electron chi connectivity index (χ1n) is 18.7. The summed E-state index contributed by atoms with van der Waals surface area (Å²) in [4.78, 5) is 14.9. The van der Waals surface area contributed by atoms with Gasteiger partial charge >= 0.3 is 0 Å². The molecule has 11 rings (SSSR count). The van der Waals surface area contributed by atoms with Crippen LogP contribution in [-0.2, 0) is 0 Å². The van der Waals surface area contributed by atoms with Crippen LogP contribution in [-0.4, -0.2) is 15.0 Å². The number of pyridine rings is 1. The van der Waals surface area contributed by atoms with Crippen molar-refractivity contribution in [3.63, 3.8) is 0 Å². The van der Waals surface area contributed by atoms with Crippen molar-refractivity contribution in [3.8, 4) is 67.4 Å². The highest BCUT2D eigenvalue weighted by atomic mass is 16.3. The highest BCUT2D eigenvalue weighted by Gasteiger charge is 2.19. The number of rotatable bonds is 6. The predicted molar refractivity (Wildman–Crippen MR) is 227 cm³/mol. The molecule has 0 saturated heterocycles. The molecule has 0 aliphatic carbocycles. The molecule has 5 nitrogen and oxygen atoms in total. The average Bonchev–Trinajstić information content (AvgIpc) is 3.85. The molecule has 56 heavy (non-hydrogen) atoms. The largest absolute Gasteiger partial charge is 0.456 e. The fourth-order valence-electron chi connectivity index (χ4n) is 7.91. The van der Waals surface area contributed by atoms with E-state index in [1.165, 1.54) is 0 Å². The first-order chi connectivity index (χ1) is 27.7. The van der Waals surface area contributed by atoms with E-state index in [0.717, 1.165) is 105 Å². The van der Waals surface area contributed by atoms with Crippen molar-refractivity contribution in [2.75, 3.05) is 0 Å². The van der Waals surface area contributed by atoms with Gasteiger partial charge in [0.2, 0.25) is 0 Å². The van der Waals surface area contributed by atoms with Crippen LogP contribution in [0.15, 0.2) is 197 Å². The predicted octanol–water partition coefficient (Wildman–Crippen LogP) is 13.7. The van der Waals surface area contributed by atoms with Crippen LogP contribution in [0.2, 0.25) is 0 Å². The van der Waals surface area contributed by atoms with Gasteiger partial charge in [0, 0.05) is 55.6 Å². The molecular weight excluding hydrogens is 687 g/mol. The van der Waals surface area contributed by atoms with Gasteiger partial charge in [0.05, 0.1) is 17.1 Å². The average molecular weight is 718 g/mol. The van der Waals surface area contributed by atoms with Crippen LogP contribution < -0.4 is 0 Å². The zero-order valence-electron chi connectivity index (χ0n) is 30.1. The van der Waals surface area contributed by atoms with Crippen LogP contribution in [0.5, 0.6) is 0 Å². The molecule has 0 amide bonds. The third kappa shape index (κ3) is 5.37. The lowest BCUT2D eigenvalue weighted by atomic mass is 9.93. The molecule has 0 fully saturated rings. The summed E-state index contributed by atoms with van der Waals surface area (Å²) < 4.78 is 13.0. The molecule has 0 bridgehead atoms. The Morgan fingerprint density at radius 2 is 0.964 bits per heavy atom. The van der Waals surface area contributed by atoms with Crippen LogP contribution in [0.3, 0.4) is 0 Å². The second-order valence-corrected chi connectivity index (χ2v) is 13.9. The Bertz CT molecular complexity index is 3240. The van der Waals surface area contributed by atoms with Crippen molar-refractivity contribution in [2.24, 2.45) is 0 Å². The van der Waals surface area contributed by atoms with Gasteiger partial charge in [0.25, 0.3) is 0 Å². The maximum absolute atomic E-state index is 6.68. The fourth-order valence-corrected chi connectivity index (χ4v) is 7.91. The van der Waals surface area contributed by atoms with E-state index in [0.29, 0.717) is 5.82 Å². The molecular formula is C51H31N3O2. The summed E-state index contributed by atoms with van der Waals surface area (Å²) in [7, 11) is 0. The van der Waals surface area contributed by atoms with Gasteiger partial charge in [0.15, 0.2) is 5.82 Å². The lowest BCUT2D eigenvalue weighted by Crippen LogP contribution is -1.97. The van der Waals surface area contributed by atoms with E-state index in [-0.39, 0.29) is 0 Å². The van der Waals surface area contributed by atoms with Crippen LogP contribution >= 0.6 is 0 Å². The van der Waals surface area contributed by atoms with Crippen LogP contribution in [0.4, 0.5) is 0 Å². The van der Waals surface area contributed by atoms with Gasteiger partial charge in [-0.05, 0) is 65.2 Å². The minimum absolute atomic E-state index is 0.665. The normalized spacial score (nSPS) is 11.6. The van der Waals surface area contributed by atoms with Crippen LogP contribution in [0, 0.1) is 0 Å². The zero-order valence-corrected chi connectivity index (χ0v) is 30.1. The third-order valence-corrected chi connectivity index (χ3v) is 10.6. The van der Waals surface area contributed by atoms with E-state index in [1.54, 1.807) is 0 Å². The Balaban J connectivity index is 1.03. The summed E-state index contributed by atoms with van der Waals surface area (Å²) in [5.41, 5.74) is 14.2. The fraction of sp³-hybridized carbons (Fsp3) is 0. The molecule has 0 N–H and O–H groups in total. The summed E-state index contributed by atoms with van der Waals surface area (Å²) in [6.45, 7) is 0. The topological polar surface area (TPSA) is 65.0 Å². The van der Waals surface area contributed by atoms with Gasteiger partial charge in [0.1, 0.15) is 22.3 Å². The van der Waals surface area contributed by atoms with Crippen molar-refractivity contribution in [2.45, 2.75) is 0 Å². The summed E-state index contributed by atoms with van der Waals surface area (Å²) in [6, 6.07) is 62.4. The van der Waals surface area contributed by atoms with Gasteiger partial charge in [-0.15, -0.1) is 0 Å². The molecule has 0 aliphatic rings. The Morgan fingerprint density at radius 1 is 0.339 bits per heavy atom. The molecule has 0 aliphatic heterocycles. The SMILES string of the molecule is c1ccc(-c2nc(-c3ccc(-c4ccc(-c5ccc6c(c5)oc5ccccc56)c5c4oc4ccccc45)cc3)cc(-c3ccccc3-c3ccccn3)n2)cc1. The molecule has 11 aromatic rings. The monoisotopic (exact) mass is 717 g/mol. The third-order valence-electron chi connectivity index (χ3n) is 10.6. The zero-order chi connectivity index (χ0) is 37.0. The molecule has 4 aromatic heterocycles. The maximum atomic E-state index is 6.68. The smallest absolute Gasteiger partial charge is 0.160 e. The second kappa shape index (κ2) is 13.0. The Morgan fingerprint density at radius 3 is 1.77 bits per heavy atom. The number of para-hydroxylation sites is 2. The van der Waals surface area contributed by atoms with Crippen molar-refractivity contribution in [1.82, 2.24) is 15.0 Å². The summed E-state index contributed by atoms with van der Waals surface area (Å²) in [5.74, 6) is 0.665. The number of nitrogens with zero attached hydrogens (tertiary/aromatic N) is 3. The quantitative estimate of drug-likeness (QED) is 0.171. The number of hydrogen-bond acceptors (Lipinski definition) is 5. The van der Waals surface area contributed by atoms with Gasteiger partial charge in [-0.1, -0.05) is 133 Å². The molecule has 262 valence electrons. The molecule has 4 heterocycles. The van der Waals surface area contributed by atoms with Gasteiger partial charge < -0.3 is 8.83 Å². The van der Waals surface area contributed by atoms with E-state index >= 15 is 0 Å². The van der Waals surface area contributed by atoms with E-state index in [2.05, 4.69) is 102 Å². The van der Waals surface area contributed by atoms with Gasteiger partial charge in [-0.2, -0.15) is 0 Å². The van der Waals surface area contributed by atoms with E-state index in [9.17, 15) is 0 Å². The Kier molecular flexibility index (Phi) is 7.42. The van der Waals surface area contributed by atoms with Crippen molar-refractivity contribution < 1.29 is 8.83 Å². The van der Waals surface area contributed by atoms with Gasteiger partial charge in [-0.3, -0.25) is 4.98 Å². The molecule has 0 saturated carbocycles. The molecule has 5 heteroatoms. The first kappa shape index (κ1) is 31.9. The lowest BCUT2D eigenvalue weighted by molar-refractivity contribution is 0.668.